The molecule has 17 heavy (non-hydrogen) atoms. The van der Waals surface area contributed by atoms with Gasteiger partial charge in [0.2, 0.25) is 5.91 Å². The van der Waals surface area contributed by atoms with Crippen LogP contribution in [0.25, 0.3) is 0 Å². The summed E-state index contributed by atoms with van der Waals surface area (Å²) in [6.07, 6.45) is 5.37. The number of nitrogens with zero attached hydrogens (tertiary/aromatic N) is 2. The first-order valence-corrected chi connectivity index (χ1v) is 6.61. The van der Waals surface area contributed by atoms with E-state index in [1.807, 2.05) is 0 Å². The standard InChI is InChI=1S/C13H21N3O/c1-15-13(17)11-5-3-7-16(9-11)12-6-2-4-10(12)8-14/h10-12H,2-7,9H2,1H3,(H,15,17). The topological polar surface area (TPSA) is 56.1 Å². The molecule has 2 aliphatic rings. The van der Waals surface area contributed by atoms with Crippen LogP contribution in [0.1, 0.15) is 32.1 Å². The number of nitriles is 1. The highest BCUT2D eigenvalue weighted by Crippen LogP contribution is 2.32. The second-order valence-corrected chi connectivity index (χ2v) is 5.18. The van der Waals surface area contributed by atoms with E-state index in [0.717, 1.165) is 45.2 Å². The van der Waals surface area contributed by atoms with Gasteiger partial charge in [-0.15, -0.1) is 0 Å². The molecule has 0 aromatic rings. The van der Waals surface area contributed by atoms with Gasteiger partial charge in [0.25, 0.3) is 0 Å². The predicted molar refractivity (Wildman–Crippen MR) is 65.1 cm³/mol. The number of amides is 1. The van der Waals surface area contributed by atoms with Gasteiger partial charge in [0.1, 0.15) is 0 Å². The number of piperidine rings is 1. The summed E-state index contributed by atoms with van der Waals surface area (Å²) < 4.78 is 0. The zero-order chi connectivity index (χ0) is 12.3. The summed E-state index contributed by atoms with van der Waals surface area (Å²) in [5.41, 5.74) is 0. The van der Waals surface area contributed by atoms with Crippen LogP contribution in [0.5, 0.6) is 0 Å². The van der Waals surface area contributed by atoms with Gasteiger partial charge in [-0.05, 0) is 32.2 Å². The van der Waals surface area contributed by atoms with E-state index in [9.17, 15) is 4.79 Å². The third-order valence-electron chi connectivity index (χ3n) is 4.18. The Bertz CT molecular complexity index is 323. The second kappa shape index (κ2) is 5.50. The molecule has 3 unspecified atom stereocenters. The predicted octanol–water partition coefficient (Wildman–Crippen LogP) is 1.14. The lowest BCUT2D eigenvalue weighted by molar-refractivity contribution is -0.126. The number of hydrogen-bond donors (Lipinski definition) is 1. The van der Waals surface area contributed by atoms with E-state index in [2.05, 4.69) is 16.3 Å². The Labute approximate surface area is 103 Å². The van der Waals surface area contributed by atoms with Gasteiger partial charge < -0.3 is 5.32 Å². The average Bonchev–Trinajstić information content (AvgIpc) is 2.86. The third kappa shape index (κ3) is 2.61. The van der Waals surface area contributed by atoms with E-state index in [4.69, 9.17) is 5.26 Å². The Kier molecular flexibility index (Phi) is 4.01. The molecule has 4 nitrogen and oxygen atoms in total. The molecular formula is C13H21N3O. The highest BCUT2D eigenvalue weighted by atomic mass is 16.1. The largest absolute Gasteiger partial charge is 0.359 e. The third-order valence-corrected chi connectivity index (χ3v) is 4.18. The van der Waals surface area contributed by atoms with Gasteiger partial charge in [-0.25, -0.2) is 0 Å². The molecule has 4 heteroatoms. The Hall–Kier alpha value is -1.08. The Balaban J connectivity index is 1.97. The van der Waals surface area contributed by atoms with Gasteiger partial charge in [0, 0.05) is 19.6 Å². The fourth-order valence-electron chi connectivity index (χ4n) is 3.25. The first-order valence-electron chi connectivity index (χ1n) is 6.61. The van der Waals surface area contributed by atoms with Crippen molar-refractivity contribution >= 4 is 5.91 Å². The molecule has 0 radical (unpaired) electrons. The molecule has 1 saturated carbocycles. The number of carbonyl (C=O) groups is 1. The number of rotatable bonds is 2. The molecule has 0 aromatic heterocycles. The van der Waals surface area contributed by atoms with Gasteiger partial charge in [0.15, 0.2) is 0 Å². The van der Waals surface area contributed by atoms with Crippen molar-refractivity contribution in [2.75, 3.05) is 20.1 Å². The smallest absolute Gasteiger partial charge is 0.224 e. The minimum absolute atomic E-state index is 0.119. The lowest BCUT2D eigenvalue weighted by atomic mass is 9.93. The number of carbonyl (C=O) groups excluding carboxylic acids is 1. The zero-order valence-electron chi connectivity index (χ0n) is 10.5. The fraction of sp³-hybridized carbons (Fsp3) is 0.846. The SMILES string of the molecule is CNC(=O)C1CCCN(C2CCCC2C#N)C1. The summed E-state index contributed by atoms with van der Waals surface area (Å²) in [5.74, 6) is 0.452. The van der Waals surface area contributed by atoms with Crippen molar-refractivity contribution in [2.45, 2.75) is 38.1 Å². The normalized spacial score (nSPS) is 34.2. The van der Waals surface area contributed by atoms with Crippen molar-refractivity contribution in [3.8, 4) is 6.07 Å². The average molecular weight is 235 g/mol. The number of nitrogens with one attached hydrogen (secondary N) is 1. The second-order valence-electron chi connectivity index (χ2n) is 5.18. The van der Waals surface area contributed by atoms with Crippen LogP contribution in [0.3, 0.4) is 0 Å². The summed E-state index contributed by atoms with van der Waals surface area (Å²) in [7, 11) is 1.70. The molecule has 1 amide bonds. The molecule has 1 heterocycles. The molecule has 3 atom stereocenters. The van der Waals surface area contributed by atoms with Crippen LogP contribution in [-0.2, 0) is 4.79 Å². The monoisotopic (exact) mass is 235 g/mol. The molecule has 0 spiro atoms. The zero-order valence-corrected chi connectivity index (χ0v) is 10.5. The van der Waals surface area contributed by atoms with E-state index < -0.39 is 0 Å². The van der Waals surface area contributed by atoms with Crippen molar-refractivity contribution < 1.29 is 4.79 Å². The molecule has 0 bridgehead atoms. The highest BCUT2D eigenvalue weighted by Gasteiger charge is 2.35. The highest BCUT2D eigenvalue weighted by molar-refractivity contribution is 5.78. The maximum Gasteiger partial charge on any atom is 0.224 e. The van der Waals surface area contributed by atoms with Crippen molar-refractivity contribution in [1.82, 2.24) is 10.2 Å². The van der Waals surface area contributed by atoms with Crippen LogP contribution in [0.15, 0.2) is 0 Å². The minimum atomic E-state index is 0.119. The summed E-state index contributed by atoms with van der Waals surface area (Å²) in [5, 5.41) is 11.9. The molecule has 2 rings (SSSR count). The van der Waals surface area contributed by atoms with Crippen molar-refractivity contribution in [1.29, 1.82) is 5.26 Å². The van der Waals surface area contributed by atoms with Crippen LogP contribution in [0.4, 0.5) is 0 Å². The van der Waals surface area contributed by atoms with E-state index in [0.29, 0.717) is 6.04 Å². The maximum atomic E-state index is 11.7. The van der Waals surface area contributed by atoms with Crippen LogP contribution >= 0.6 is 0 Å². The first kappa shape index (κ1) is 12.4. The minimum Gasteiger partial charge on any atom is -0.359 e. The van der Waals surface area contributed by atoms with Gasteiger partial charge in [-0.2, -0.15) is 5.26 Å². The molecule has 1 aliphatic heterocycles. The van der Waals surface area contributed by atoms with Crippen molar-refractivity contribution in [2.24, 2.45) is 11.8 Å². The lowest BCUT2D eigenvalue weighted by Gasteiger charge is -2.37. The van der Waals surface area contributed by atoms with Gasteiger partial charge in [-0.3, -0.25) is 9.69 Å². The van der Waals surface area contributed by atoms with E-state index in [1.165, 1.54) is 0 Å². The maximum absolute atomic E-state index is 11.7. The van der Waals surface area contributed by atoms with Crippen molar-refractivity contribution in [3.63, 3.8) is 0 Å². The number of likely N-dealkylation sites (tertiary alicyclic amines) is 1. The lowest BCUT2D eigenvalue weighted by Crippen LogP contribution is -2.47. The fourth-order valence-corrected chi connectivity index (χ4v) is 3.25. The molecule has 1 N–H and O–H groups in total. The van der Waals surface area contributed by atoms with E-state index in [-0.39, 0.29) is 17.7 Å². The Morgan fingerprint density at radius 3 is 2.88 bits per heavy atom. The van der Waals surface area contributed by atoms with Gasteiger partial charge >= 0.3 is 0 Å². The first-order chi connectivity index (χ1) is 8.26. The Morgan fingerprint density at radius 1 is 1.35 bits per heavy atom. The van der Waals surface area contributed by atoms with Crippen LogP contribution in [0, 0.1) is 23.2 Å². The molecule has 2 fully saturated rings. The van der Waals surface area contributed by atoms with Crippen molar-refractivity contribution in [3.05, 3.63) is 0 Å². The number of hydrogen-bond acceptors (Lipinski definition) is 3. The van der Waals surface area contributed by atoms with Crippen LogP contribution in [-0.4, -0.2) is 37.0 Å². The van der Waals surface area contributed by atoms with Crippen LogP contribution in [0.2, 0.25) is 0 Å². The van der Waals surface area contributed by atoms with Gasteiger partial charge in [-0.1, -0.05) is 6.42 Å². The molecule has 1 saturated heterocycles. The Morgan fingerprint density at radius 2 is 2.18 bits per heavy atom. The molecule has 94 valence electrons. The summed E-state index contributed by atoms with van der Waals surface area (Å²) in [6.45, 7) is 1.89. The van der Waals surface area contributed by atoms with Crippen LogP contribution < -0.4 is 5.32 Å². The summed E-state index contributed by atoms with van der Waals surface area (Å²) in [4.78, 5) is 14.1. The summed E-state index contributed by atoms with van der Waals surface area (Å²) in [6, 6.07) is 2.82. The summed E-state index contributed by atoms with van der Waals surface area (Å²) >= 11 is 0. The van der Waals surface area contributed by atoms with E-state index >= 15 is 0 Å². The molecular weight excluding hydrogens is 214 g/mol. The van der Waals surface area contributed by atoms with E-state index in [1.54, 1.807) is 7.05 Å². The quantitative estimate of drug-likeness (QED) is 0.780. The molecule has 0 aromatic carbocycles. The molecule has 1 aliphatic carbocycles. The van der Waals surface area contributed by atoms with Gasteiger partial charge in [0.05, 0.1) is 17.9 Å².